The molecule has 27 heavy (non-hydrogen) atoms. The normalized spacial score (nSPS) is 14.6. The first kappa shape index (κ1) is 23.3. The number of hydrogen-bond acceptors (Lipinski definition) is 4. The fraction of sp³-hybridized carbons (Fsp3) is 0.579. The molecule has 3 N–H and O–H groups in total. The lowest BCUT2D eigenvalue weighted by molar-refractivity contribution is -0.122. The van der Waals surface area contributed by atoms with Crippen LogP contribution in [0.3, 0.4) is 0 Å². The van der Waals surface area contributed by atoms with Gasteiger partial charge in [-0.3, -0.25) is 4.79 Å². The van der Waals surface area contributed by atoms with Gasteiger partial charge in [-0.15, -0.1) is 24.0 Å². The van der Waals surface area contributed by atoms with Crippen molar-refractivity contribution in [1.82, 2.24) is 16.0 Å². The number of amides is 1. The number of methoxy groups -OCH3 is 1. The van der Waals surface area contributed by atoms with E-state index in [2.05, 4.69) is 20.9 Å². The first-order valence-electron chi connectivity index (χ1n) is 9.23. The second kappa shape index (κ2) is 12.6. The molecule has 0 aliphatic heterocycles. The molecule has 1 aromatic carbocycles. The standard InChI is InChI=1S/C19H30N4O3.HI/c1-4-20-19(22-12-11-21-18(24)15-5-6-15)23-13-14(2)26-17-9-7-16(25-3)8-10-17;/h7-10,14-15H,4-6,11-13H2,1-3H3,(H,21,24)(H2,20,22,23);1H. The maximum absolute atomic E-state index is 11.6. The summed E-state index contributed by atoms with van der Waals surface area (Å²) in [5.41, 5.74) is 0. The van der Waals surface area contributed by atoms with Crippen LogP contribution in [0.15, 0.2) is 29.3 Å². The number of carbonyl (C=O) groups is 1. The maximum atomic E-state index is 11.6. The van der Waals surface area contributed by atoms with E-state index in [-0.39, 0.29) is 41.9 Å². The summed E-state index contributed by atoms with van der Waals surface area (Å²) in [4.78, 5) is 16.1. The van der Waals surface area contributed by atoms with Gasteiger partial charge in [0.25, 0.3) is 0 Å². The molecular weight excluding hydrogens is 459 g/mol. The Morgan fingerprint density at radius 1 is 1.15 bits per heavy atom. The lowest BCUT2D eigenvalue weighted by atomic mass is 10.3. The van der Waals surface area contributed by atoms with Crippen LogP contribution in [0, 0.1) is 5.92 Å². The molecule has 1 saturated carbocycles. The Morgan fingerprint density at radius 3 is 2.37 bits per heavy atom. The summed E-state index contributed by atoms with van der Waals surface area (Å²) in [7, 11) is 1.64. The zero-order valence-corrected chi connectivity index (χ0v) is 18.6. The number of hydrogen-bond donors (Lipinski definition) is 3. The third kappa shape index (κ3) is 9.16. The van der Waals surface area contributed by atoms with E-state index < -0.39 is 0 Å². The van der Waals surface area contributed by atoms with Gasteiger partial charge in [-0.25, -0.2) is 4.99 Å². The Hall–Kier alpha value is -1.71. The SMILES string of the molecule is CCNC(=NCC(C)Oc1ccc(OC)cc1)NCCNC(=O)C1CC1.I. The van der Waals surface area contributed by atoms with E-state index in [0.29, 0.717) is 19.6 Å². The van der Waals surface area contributed by atoms with Gasteiger partial charge in [0.15, 0.2) is 5.96 Å². The van der Waals surface area contributed by atoms with E-state index in [1.54, 1.807) is 7.11 Å². The van der Waals surface area contributed by atoms with Crippen molar-refractivity contribution < 1.29 is 14.3 Å². The molecule has 0 radical (unpaired) electrons. The highest BCUT2D eigenvalue weighted by atomic mass is 127. The molecule has 1 aliphatic carbocycles. The highest BCUT2D eigenvalue weighted by Crippen LogP contribution is 2.28. The Kier molecular flexibility index (Phi) is 10.9. The molecule has 1 amide bonds. The third-order valence-corrected chi connectivity index (χ3v) is 3.91. The van der Waals surface area contributed by atoms with Crippen molar-refractivity contribution in [3.8, 4) is 11.5 Å². The average molecular weight is 490 g/mol. The number of rotatable bonds is 10. The van der Waals surface area contributed by atoms with Gasteiger partial charge in [-0.1, -0.05) is 0 Å². The summed E-state index contributed by atoms with van der Waals surface area (Å²) in [6.07, 6.45) is 1.98. The summed E-state index contributed by atoms with van der Waals surface area (Å²) in [6, 6.07) is 7.50. The minimum absolute atomic E-state index is 0. The first-order valence-corrected chi connectivity index (χ1v) is 9.23. The number of carbonyl (C=O) groups excluding carboxylic acids is 1. The van der Waals surface area contributed by atoms with Gasteiger partial charge in [0.2, 0.25) is 5.91 Å². The van der Waals surface area contributed by atoms with E-state index in [0.717, 1.165) is 36.8 Å². The summed E-state index contributed by atoms with van der Waals surface area (Å²) in [5, 5.41) is 9.35. The molecule has 7 nitrogen and oxygen atoms in total. The average Bonchev–Trinajstić information content (AvgIpc) is 3.49. The highest BCUT2D eigenvalue weighted by molar-refractivity contribution is 14.0. The van der Waals surface area contributed by atoms with Crippen LogP contribution in [-0.4, -0.2) is 51.3 Å². The Bertz CT molecular complexity index is 591. The molecule has 1 aromatic rings. The van der Waals surface area contributed by atoms with Gasteiger partial charge in [0.05, 0.1) is 13.7 Å². The zero-order valence-electron chi connectivity index (χ0n) is 16.3. The third-order valence-electron chi connectivity index (χ3n) is 3.91. The summed E-state index contributed by atoms with van der Waals surface area (Å²) in [5.74, 6) is 2.71. The molecule has 8 heteroatoms. The Balaban J connectivity index is 0.00000364. The first-order chi connectivity index (χ1) is 12.6. The zero-order chi connectivity index (χ0) is 18.8. The molecule has 0 spiro atoms. The molecule has 1 atom stereocenters. The fourth-order valence-corrected chi connectivity index (χ4v) is 2.34. The number of nitrogens with zero attached hydrogens (tertiary/aromatic N) is 1. The molecule has 1 aliphatic rings. The minimum atomic E-state index is -0.0616. The van der Waals surface area contributed by atoms with Crippen LogP contribution in [0.25, 0.3) is 0 Å². The fourth-order valence-electron chi connectivity index (χ4n) is 2.34. The van der Waals surface area contributed by atoms with Crippen LogP contribution >= 0.6 is 24.0 Å². The Labute approximate surface area is 178 Å². The molecule has 152 valence electrons. The van der Waals surface area contributed by atoms with Crippen LogP contribution in [-0.2, 0) is 4.79 Å². The lowest BCUT2D eigenvalue weighted by Gasteiger charge is -2.15. The van der Waals surface area contributed by atoms with E-state index in [4.69, 9.17) is 9.47 Å². The molecular formula is C19H31IN4O3. The molecule has 0 aromatic heterocycles. The molecule has 0 saturated heterocycles. The van der Waals surface area contributed by atoms with Gasteiger partial charge in [0.1, 0.15) is 17.6 Å². The van der Waals surface area contributed by atoms with Crippen LogP contribution in [0.1, 0.15) is 26.7 Å². The van der Waals surface area contributed by atoms with E-state index in [1.165, 1.54) is 0 Å². The van der Waals surface area contributed by atoms with Gasteiger partial charge >= 0.3 is 0 Å². The van der Waals surface area contributed by atoms with Crippen molar-refractivity contribution in [2.24, 2.45) is 10.9 Å². The molecule has 2 rings (SSSR count). The largest absolute Gasteiger partial charge is 0.497 e. The van der Waals surface area contributed by atoms with Crippen molar-refractivity contribution in [2.45, 2.75) is 32.8 Å². The maximum Gasteiger partial charge on any atom is 0.223 e. The van der Waals surface area contributed by atoms with Crippen LogP contribution in [0.5, 0.6) is 11.5 Å². The number of benzene rings is 1. The summed E-state index contributed by atoms with van der Waals surface area (Å²) < 4.78 is 11.0. The van der Waals surface area contributed by atoms with E-state index in [9.17, 15) is 4.79 Å². The van der Waals surface area contributed by atoms with Crippen molar-refractivity contribution in [1.29, 1.82) is 0 Å². The van der Waals surface area contributed by atoms with Gasteiger partial charge < -0.3 is 25.4 Å². The van der Waals surface area contributed by atoms with Crippen molar-refractivity contribution in [3.63, 3.8) is 0 Å². The second-order valence-electron chi connectivity index (χ2n) is 6.32. The molecule has 1 fully saturated rings. The lowest BCUT2D eigenvalue weighted by Crippen LogP contribution is -2.42. The highest BCUT2D eigenvalue weighted by Gasteiger charge is 2.28. The van der Waals surface area contributed by atoms with Crippen molar-refractivity contribution >= 4 is 35.8 Å². The van der Waals surface area contributed by atoms with Crippen molar-refractivity contribution in [3.05, 3.63) is 24.3 Å². The summed E-state index contributed by atoms with van der Waals surface area (Å²) in [6.45, 7) is 6.52. The van der Waals surface area contributed by atoms with Crippen molar-refractivity contribution in [2.75, 3.05) is 33.3 Å². The van der Waals surface area contributed by atoms with Crippen LogP contribution in [0.2, 0.25) is 0 Å². The van der Waals surface area contributed by atoms with E-state index >= 15 is 0 Å². The molecule has 0 heterocycles. The van der Waals surface area contributed by atoms with Crippen LogP contribution in [0.4, 0.5) is 0 Å². The van der Waals surface area contributed by atoms with Gasteiger partial charge in [-0.05, 0) is 51.0 Å². The quantitative estimate of drug-likeness (QED) is 0.203. The topological polar surface area (TPSA) is 84.0 Å². The monoisotopic (exact) mass is 490 g/mol. The number of aliphatic imine (C=N–C) groups is 1. The van der Waals surface area contributed by atoms with Gasteiger partial charge in [0, 0.05) is 25.6 Å². The van der Waals surface area contributed by atoms with E-state index in [1.807, 2.05) is 38.1 Å². The smallest absolute Gasteiger partial charge is 0.223 e. The predicted octanol–water partition coefficient (Wildman–Crippen LogP) is 2.16. The molecule has 1 unspecified atom stereocenters. The number of halogens is 1. The Morgan fingerprint density at radius 2 is 1.78 bits per heavy atom. The number of nitrogens with one attached hydrogen (secondary N) is 3. The second-order valence-corrected chi connectivity index (χ2v) is 6.32. The summed E-state index contributed by atoms with van der Waals surface area (Å²) >= 11 is 0. The number of ether oxygens (including phenoxy) is 2. The predicted molar refractivity (Wildman–Crippen MR) is 118 cm³/mol. The van der Waals surface area contributed by atoms with Gasteiger partial charge in [-0.2, -0.15) is 0 Å². The number of guanidine groups is 1. The minimum Gasteiger partial charge on any atom is -0.497 e. The van der Waals surface area contributed by atoms with Crippen LogP contribution < -0.4 is 25.4 Å². The molecule has 0 bridgehead atoms.